The number of hydrogen-bond donors (Lipinski definition) is 1. The van der Waals surface area contributed by atoms with E-state index in [-0.39, 0.29) is 25.0 Å². The number of ketones is 1. The van der Waals surface area contributed by atoms with Gasteiger partial charge >= 0.3 is 5.97 Å². The number of carbonyl (C=O) groups is 2. The van der Waals surface area contributed by atoms with E-state index in [4.69, 9.17) is 9.84 Å². The van der Waals surface area contributed by atoms with Gasteiger partial charge in [0, 0.05) is 23.8 Å². The average Bonchev–Trinajstić information content (AvgIpc) is 2.95. The normalized spacial score (nSPS) is 10.4. The average molecular weight is 319 g/mol. The predicted molar refractivity (Wildman–Crippen MR) is 84.3 cm³/mol. The first-order valence-corrected chi connectivity index (χ1v) is 7.87. The monoisotopic (exact) mass is 319 g/mol. The predicted octanol–water partition coefficient (Wildman–Crippen LogP) is 3.19. The summed E-state index contributed by atoms with van der Waals surface area (Å²) in [6, 6.07) is 7.63. The third-order valence-electron chi connectivity index (χ3n) is 2.96. The molecule has 1 aromatic heterocycles. The number of ether oxygens (including phenoxy) is 1. The van der Waals surface area contributed by atoms with Crippen LogP contribution in [0.3, 0.4) is 0 Å². The highest BCUT2D eigenvalue weighted by Crippen LogP contribution is 2.26. The number of carbonyl (C=O) groups excluding carboxylic acids is 1. The number of carboxylic acid groups (broad SMARTS) is 1. The molecule has 0 saturated heterocycles. The Morgan fingerprint density at radius 1 is 1.23 bits per heavy atom. The summed E-state index contributed by atoms with van der Waals surface area (Å²) in [4.78, 5) is 26.5. The van der Waals surface area contributed by atoms with Gasteiger partial charge in [-0.25, -0.2) is 4.98 Å². The lowest BCUT2D eigenvalue weighted by Gasteiger charge is -2.02. The molecule has 0 atom stereocenters. The van der Waals surface area contributed by atoms with E-state index in [1.54, 1.807) is 0 Å². The molecule has 0 amide bonds. The number of aromatic nitrogens is 1. The van der Waals surface area contributed by atoms with E-state index in [2.05, 4.69) is 4.98 Å². The van der Waals surface area contributed by atoms with Crippen LogP contribution in [0.5, 0.6) is 5.75 Å². The molecule has 2 rings (SSSR count). The van der Waals surface area contributed by atoms with Gasteiger partial charge in [0.25, 0.3) is 0 Å². The summed E-state index contributed by atoms with van der Waals surface area (Å²) < 4.78 is 5.39. The van der Waals surface area contributed by atoms with Crippen molar-refractivity contribution in [1.29, 1.82) is 0 Å². The fourth-order valence-electron chi connectivity index (χ4n) is 1.92. The lowest BCUT2D eigenvalue weighted by Crippen LogP contribution is -2.06. The van der Waals surface area contributed by atoms with Crippen LogP contribution in [0, 0.1) is 0 Å². The van der Waals surface area contributed by atoms with E-state index < -0.39 is 5.97 Å². The summed E-state index contributed by atoms with van der Waals surface area (Å²) >= 11 is 1.47. The van der Waals surface area contributed by atoms with E-state index >= 15 is 0 Å². The van der Waals surface area contributed by atoms with Gasteiger partial charge < -0.3 is 9.84 Å². The highest BCUT2D eigenvalue weighted by atomic mass is 32.1. The number of benzene rings is 1. The first-order chi connectivity index (χ1) is 10.6. The highest BCUT2D eigenvalue weighted by Gasteiger charge is 2.10. The van der Waals surface area contributed by atoms with Crippen LogP contribution in [0.2, 0.25) is 0 Å². The van der Waals surface area contributed by atoms with Crippen LogP contribution in [-0.2, 0) is 16.0 Å². The molecule has 1 heterocycles. The molecule has 1 aromatic carbocycles. The molecule has 0 unspecified atom stereocenters. The van der Waals surface area contributed by atoms with E-state index in [1.807, 2.05) is 36.6 Å². The SMILES string of the molecule is CCOc1ccc(-c2nc(CC(=O)CCC(=O)O)cs2)cc1. The van der Waals surface area contributed by atoms with Crippen molar-refractivity contribution in [1.82, 2.24) is 4.98 Å². The van der Waals surface area contributed by atoms with Crippen molar-refractivity contribution in [3.05, 3.63) is 35.3 Å². The molecule has 22 heavy (non-hydrogen) atoms. The van der Waals surface area contributed by atoms with Gasteiger partial charge in [0.2, 0.25) is 0 Å². The van der Waals surface area contributed by atoms with Crippen LogP contribution >= 0.6 is 11.3 Å². The molecule has 0 bridgehead atoms. The maximum Gasteiger partial charge on any atom is 0.303 e. The highest BCUT2D eigenvalue weighted by molar-refractivity contribution is 7.13. The zero-order valence-corrected chi connectivity index (χ0v) is 13.1. The molecular formula is C16H17NO4S. The van der Waals surface area contributed by atoms with Crippen LogP contribution in [0.1, 0.15) is 25.5 Å². The molecular weight excluding hydrogens is 302 g/mol. The molecule has 1 N–H and O–H groups in total. The summed E-state index contributed by atoms with van der Waals surface area (Å²) in [5, 5.41) is 11.2. The summed E-state index contributed by atoms with van der Waals surface area (Å²) in [6.45, 7) is 2.56. The van der Waals surface area contributed by atoms with Gasteiger partial charge in [-0.1, -0.05) is 0 Å². The first-order valence-electron chi connectivity index (χ1n) is 6.99. The molecule has 0 radical (unpaired) electrons. The molecule has 0 aliphatic rings. The van der Waals surface area contributed by atoms with Crippen molar-refractivity contribution in [2.24, 2.45) is 0 Å². The topological polar surface area (TPSA) is 76.5 Å². The summed E-state index contributed by atoms with van der Waals surface area (Å²) in [7, 11) is 0. The van der Waals surface area contributed by atoms with Gasteiger partial charge in [-0.15, -0.1) is 11.3 Å². The maximum absolute atomic E-state index is 11.7. The van der Waals surface area contributed by atoms with Gasteiger partial charge in [0.05, 0.1) is 18.7 Å². The molecule has 6 heteroatoms. The number of Topliss-reactive ketones (excluding diaryl/α,β-unsaturated/α-hetero) is 1. The van der Waals surface area contributed by atoms with Gasteiger partial charge in [0.15, 0.2) is 0 Å². The smallest absolute Gasteiger partial charge is 0.303 e. The van der Waals surface area contributed by atoms with E-state index in [0.717, 1.165) is 16.3 Å². The second-order valence-electron chi connectivity index (χ2n) is 4.71. The Kier molecular flexibility index (Phi) is 5.66. The molecule has 0 saturated carbocycles. The van der Waals surface area contributed by atoms with Crippen molar-refractivity contribution in [3.8, 4) is 16.3 Å². The molecule has 116 valence electrons. The van der Waals surface area contributed by atoms with Crippen molar-refractivity contribution in [2.75, 3.05) is 6.61 Å². The van der Waals surface area contributed by atoms with Gasteiger partial charge in [-0.3, -0.25) is 9.59 Å². The maximum atomic E-state index is 11.7. The molecule has 0 spiro atoms. The fourth-order valence-corrected chi connectivity index (χ4v) is 2.74. The minimum absolute atomic E-state index is 0.0469. The zero-order chi connectivity index (χ0) is 15.9. The van der Waals surface area contributed by atoms with Gasteiger partial charge in [0.1, 0.15) is 16.5 Å². The molecule has 2 aromatic rings. The minimum atomic E-state index is -0.957. The second-order valence-corrected chi connectivity index (χ2v) is 5.57. The van der Waals surface area contributed by atoms with E-state index in [9.17, 15) is 9.59 Å². The Bertz CT molecular complexity index is 648. The van der Waals surface area contributed by atoms with Crippen molar-refractivity contribution in [3.63, 3.8) is 0 Å². The van der Waals surface area contributed by atoms with Crippen LogP contribution in [0.15, 0.2) is 29.6 Å². The minimum Gasteiger partial charge on any atom is -0.494 e. The summed E-state index contributed by atoms with van der Waals surface area (Å²) in [6.07, 6.45) is 0.0980. The number of aliphatic carboxylic acids is 1. The summed E-state index contributed by atoms with van der Waals surface area (Å²) in [5.41, 5.74) is 1.65. The van der Waals surface area contributed by atoms with Crippen molar-refractivity contribution in [2.45, 2.75) is 26.2 Å². The van der Waals surface area contributed by atoms with Crippen molar-refractivity contribution >= 4 is 23.1 Å². The van der Waals surface area contributed by atoms with Crippen LogP contribution in [-0.4, -0.2) is 28.4 Å². The van der Waals surface area contributed by atoms with E-state index in [1.165, 1.54) is 11.3 Å². The zero-order valence-electron chi connectivity index (χ0n) is 12.2. The Morgan fingerprint density at radius 3 is 2.59 bits per heavy atom. The first kappa shape index (κ1) is 16.2. The molecule has 0 fully saturated rings. The Morgan fingerprint density at radius 2 is 1.95 bits per heavy atom. The molecule has 5 nitrogen and oxygen atoms in total. The number of rotatable bonds is 8. The molecule has 0 aliphatic carbocycles. The largest absolute Gasteiger partial charge is 0.494 e. The van der Waals surface area contributed by atoms with Crippen LogP contribution < -0.4 is 4.74 Å². The van der Waals surface area contributed by atoms with E-state index in [0.29, 0.717) is 12.3 Å². The Balaban J connectivity index is 1.98. The van der Waals surface area contributed by atoms with Gasteiger partial charge in [-0.2, -0.15) is 0 Å². The Labute approximate surface area is 132 Å². The van der Waals surface area contributed by atoms with Crippen LogP contribution in [0.25, 0.3) is 10.6 Å². The standard InChI is InChI=1S/C16H17NO4S/c1-2-21-14-6-3-11(4-7-14)16-17-12(10-22-16)9-13(18)5-8-15(19)20/h3-4,6-7,10H,2,5,8-9H2,1H3,(H,19,20). The second kappa shape index (κ2) is 7.70. The summed E-state index contributed by atoms with van der Waals surface area (Å²) in [5.74, 6) is -0.250. The number of thiazole rings is 1. The third kappa shape index (κ3) is 4.66. The lowest BCUT2D eigenvalue weighted by atomic mass is 10.1. The molecule has 0 aliphatic heterocycles. The third-order valence-corrected chi connectivity index (χ3v) is 3.90. The van der Waals surface area contributed by atoms with Crippen molar-refractivity contribution < 1.29 is 19.4 Å². The number of hydrogen-bond acceptors (Lipinski definition) is 5. The number of carboxylic acids is 1. The number of nitrogens with zero attached hydrogens (tertiary/aromatic N) is 1. The lowest BCUT2D eigenvalue weighted by molar-refractivity contribution is -0.138. The quantitative estimate of drug-likeness (QED) is 0.808. The Hall–Kier alpha value is -2.21. The fraction of sp³-hybridized carbons (Fsp3) is 0.312. The van der Waals surface area contributed by atoms with Gasteiger partial charge in [-0.05, 0) is 31.2 Å². The van der Waals surface area contributed by atoms with Crippen LogP contribution in [0.4, 0.5) is 0 Å².